The average molecular weight is 429 g/mol. The quantitative estimate of drug-likeness (QED) is 0.329. The molecule has 0 aromatic carbocycles. The Kier molecular flexibility index (Phi) is 6.68. The van der Waals surface area contributed by atoms with E-state index in [1.807, 2.05) is 0 Å². The lowest BCUT2D eigenvalue weighted by atomic mass is 9.44. The van der Waals surface area contributed by atoms with E-state index >= 15 is 0 Å². The zero-order valence-electron chi connectivity index (χ0n) is 21.2. The molecular formula is C29H48O2. The van der Waals surface area contributed by atoms with Crippen LogP contribution >= 0.6 is 0 Å². The molecule has 0 amide bonds. The van der Waals surface area contributed by atoms with Crippen molar-refractivity contribution < 1.29 is 9.53 Å². The van der Waals surface area contributed by atoms with Gasteiger partial charge < -0.3 is 4.74 Å². The van der Waals surface area contributed by atoms with E-state index in [4.69, 9.17) is 4.74 Å². The molecule has 0 aromatic heterocycles. The number of fused-ring (bicyclic) bond motifs is 5. The molecule has 4 rings (SSSR count). The van der Waals surface area contributed by atoms with Crippen LogP contribution in [-0.2, 0) is 9.53 Å². The summed E-state index contributed by atoms with van der Waals surface area (Å²) in [7, 11) is 0. The fourth-order valence-corrected chi connectivity index (χ4v) is 9.16. The van der Waals surface area contributed by atoms with Crippen molar-refractivity contribution in [1.82, 2.24) is 0 Å². The highest BCUT2D eigenvalue weighted by atomic mass is 16.5. The van der Waals surface area contributed by atoms with Gasteiger partial charge in [-0.05, 0) is 116 Å². The van der Waals surface area contributed by atoms with E-state index in [-0.39, 0.29) is 12.1 Å². The number of rotatable bonds is 5. The van der Waals surface area contributed by atoms with E-state index < -0.39 is 0 Å². The molecule has 4 fully saturated rings. The van der Waals surface area contributed by atoms with Crippen LogP contribution in [0, 0.1) is 52.3 Å². The molecule has 0 aromatic rings. The van der Waals surface area contributed by atoms with Gasteiger partial charge in [-0.25, -0.2) is 0 Å². The Morgan fingerprint density at radius 1 is 0.968 bits per heavy atom. The van der Waals surface area contributed by atoms with Gasteiger partial charge >= 0.3 is 5.97 Å². The highest BCUT2D eigenvalue weighted by molar-refractivity contribution is 5.66. The molecule has 0 unspecified atom stereocenters. The monoisotopic (exact) mass is 428 g/mol. The van der Waals surface area contributed by atoms with Crippen molar-refractivity contribution in [1.29, 1.82) is 0 Å². The Hall–Kier alpha value is -0.790. The van der Waals surface area contributed by atoms with Gasteiger partial charge in [0.25, 0.3) is 0 Å². The summed E-state index contributed by atoms with van der Waals surface area (Å²) in [5.74, 6) is 5.77. The van der Waals surface area contributed by atoms with Crippen molar-refractivity contribution >= 4 is 5.97 Å². The Balaban J connectivity index is 1.46. The minimum absolute atomic E-state index is 0.0933. The minimum Gasteiger partial charge on any atom is -0.463 e. The van der Waals surface area contributed by atoms with E-state index in [1.54, 1.807) is 6.92 Å². The predicted octanol–water partition coefficient (Wildman–Crippen LogP) is 7.82. The van der Waals surface area contributed by atoms with Gasteiger partial charge in [-0.2, -0.15) is 0 Å². The number of ether oxygens (including phenoxy) is 1. The lowest BCUT2D eigenvalue weighted by Gasteiger charge is -2.61. The largest absolute Gasteiger partial charge is 0.463 e. The molecule has 4 aliphatic rings. The predicted molar refractivity (Wildman–Crippen MR) is 129 cm³/mol. The smallest absolute Gasteiger partial charge is 0.302 e. The van der Waals surface area contributed by atoms with Gasteiger partial charge in [0.15, 0.2) is 0 Å². The van der Waals surface area contributed by atoms with Crippen LogP contribution in [0.4, 0.5) is 0 Å². The summed E-state index contributed by atoms with van der Waals surface area (Å²) in [5.41, 5.74) is 1.02. The lowest BCUT2D eigenvalue weighted by Crippen LogP contribution is -2.54. The van der Waals surface area contributed by atoms with Crippen molar-refractivity contribution in [3.8, 4) is 0 Å². The first-order valence-electron chi connectivity index (χ1n) is 13.5. The van der Waals surface area contributed by atoms with Crippen LogP contribution in [0.5, 0.6) is 0 Å². The van der Waals surface area contributed by atoms with E-state index in [1.165, 1.54) is 51.4 Å². The second-order valence-electron chi connectivity index (χ2n) is 12.8. The highest BCUT2D eigenvalue weighted by Crippen LogP contribution is 2.68. The fourth-order valence-electron chi connectivity index (χ4n) is 9.16. The maximum absolute atomic E-state index is 11.5. The van der Waals surface area contributed by atoms with Crippen LogP contribution in [0.1, 0.15) is 106 Å². The van der Waals surface area contributed by atoms with Crippen molar-refractivity contribution in [2.45, 2.75) is 112 Å². The van der Waals surface area contributed by atoms with Gasteiger partial charge in [-0.15, -0.1) is 0 Å². The number of esters is 1. The van der Waals surface area contributed by atoms with Crippen LogP contribution in [0.15, 0.2) is 12.2 Å². The van der Waals surface area contributed by atoms with Gasteiger partial charge in [0.05, 0.1) is 0 Å². The van der Waals surface area contributed by atoms with Gasteiger partial charge in [0.1, 0.15) is 6.10 Å². The first kappa shape index (κ1) is 23.4. The maximum atomic E-state index is 11.5. The summed E-state index contributed by atoms with van der Waals surface area (Å²) >= 11 is 0. The standard InChI is InChI=1S/C29H48O2/c1-19(2)8-7-9-20(3)25-12-13-26-24-11-10-22-18-23(31-21(4)30)14-16-28(22,5)27(24)15-17-29(25,26)6/h7,9,19-20,22-27H,8,10-18H2,1-6H3/b9-7+/t20-,22-,23-,24-,25+,26-,27-,28-,29-/m0/s1. The molecule has 31 heavy (non-hydrogen) atoms. The normalized spacial score (nSPS) is 45.8. The number of carbonyl (C=O) groups is 1. The highest BCUT2D eigenvalue weighted by Gasteiger charge is 2.60. The molecule has 9 atom stereocenters. The lowest BCUT2D eigenvalue weighted by molar-refractivity contribution is -0.160. The Labute approximate surface area is 192 Å². The molecule has 2 heteroatoms. The van der Waals surface area contributed by atoms with Crippen LogP contribution in [0.2, 0.25) is 0 Å². The number of hydrogen-bond donors (Lipinski definition) is 0. The molecular weight excluding hydrogens is 380 g/mol. The Morgan fingerprint density at radius 3 is 2.39 bits per heavy atom. The van der Waals surface area contributed by atoms with Gasteiger partial charge in [0, 0.05) is 6.92 Å². The minimum atomic E-state index is -0.0933. The molecule has 4 aliphatic carbocycles. The van der Waals surface area contributed by atoms with Crippen LogP contribution < -0.4 is 0 Å². The van der Waals surface area contributed by atoms with Crippen molar-refractivity contribution in [3.05, 3.63) is 12.2 Å². The van der Waals surface area contributed by atoms with E-state index in [9.17, 15) is 4.79 Å². The van der Waals surface area contributed by atoms with Crippen LogP contribution in [-0.4, -0.2) is 12.1 Å². The molecule has 0 N–H and O–H groups in total. The number of allylic oxidation sites excluding steroid dienone is 2. The first-order valence-corrected chi connectivity index (χ1v) is 13.5. The number of carbonyl (C=O) groups excluding carboxylic acids is 1. The zero-order chi connectivity index (χ0) is 22.4. The van der Waals surface area contributed by atoms with Gasteiger partial charge in [-0.3, -0.25) is 4.79 Å². The second kappa shape index (κ2) is 8.86. The molecule has 176 valence electrons. The molecule has 0 spiro atoms. The van der Waals surface area contributed by atoms with Crippen LogP contribution in [0.25, 0.3) is 0 Å². The third-order valence-corrected chi connectivity index (χ3v) is 10.7. The summed E-state index contributed by atoms with van der Waals surface area (Å²) in [6.45, 7) is 14.0. The topological polar surface area (TPSA) is 26.3 Å². The van der Waals surface area contributed by atoms with E-state index in [0.717, 1.165) is 54.3 Å². The molecule has 4 saturated carbocycles. The van der Waals surface area contributed by atoms with Crippen molar-refractivity contribution in [2.24, 2.45) is 52.3 Å². The fraction of sp³-hybridized carbons (Fsp3) is 0.897. The molecule has 0 saturated heterocycles. The zero-order valence-corrected chi connectivity index (χ0v) is 21.2. The Bertz CT molecular complexity index is 680. The summed E-state index contributed by atoms with van der Waals surface area (Å²) in [4.78, 5) is 11.5. The Morgan fingerprint density at radius 2 is 1.68 bits per heavy atom. The summed E-state index contributed by atoms with van der Waals surface area (Å²) in [6.07, 6.45) is 18.4. The maximum Gasteiger partial charge on any atom is 0.302 e. The molecule has 2 nitrogen and oxygen atoms in total. The molecule has 0 radical (unpaired) electrons. The van der Waals surface area contributed by atoms with E-state index in [0.29, 0.717) is 10.8 Å². The third-order valence-electron chi connectivity index (χ3n) is 10.7. The number of hydrogen-bond acceptors (Lipinski definition) is 2. The second-order valence-corrected chi connectivity index (χ2v) is 12.8. The SMILES string of the molecule is CC(=O)O[C@H]1CC[C@@]2(C)[C@@H](CC[C@@H]3[C@@H]2CC[C@@]2(C)[C@@H]([C@@H](C)/C=C/CC(C)C)CC[C@@H]32)C1. The summed E-state index contributed by atoms with van der Waals surface area (Å²) in [5, 5.41) is 0. The van der Waals surface area contributed by atoms with Crippen molar-refractivity contribution in [3.63, 3.8) is 0 Å². The molecule has 0 heterocycles. The van der Waals surface area contributed by atoms with Crippen molar-refractivity contribution in [2.75, 3.05) is 0 Å². The summed E-state index contributed by atoms with van der Waals surface area (Å²) in [6, 6.07) is 0. The molecule has 0 aliphatic heterocycles. The van der Waals surface area contributed by atoms with E-state index in [2.05, 4.69) is 46.8 Å². The summed E-state index contributed by atoms with van der Waals surface area (Å²) < 4.78 is 5.65. The van der Waals surface area contributed by atoms with Gasteiger partial charge in [-0.1, -0.05) is 46.8 Å². The van der Waals surface area contributed by atoms with Crippen LogP contribution in [0.3, 0.4) is 0 Å². The van der Waals surface area contributed by atoms with Gasteiger partial charge in [0.2, 0.25) is 0 Å². The molecule has 0 bridgehead atoms. The third kappa shape index (κ3) is 4.26. The average Bonchev–Trinajstić information content (AvgIpc) is 3.05. The first-order chi connectivity index (χ1) is 14.6.